The van der Waals surface area contributed by atoms with Crippen molar-refractivity contribution in [3.8, 4) is 11.5 Å². The average molecular weight is 533 g/mol. The summed E-state index contributed by atoms with van der Waals surface area (Å²) in [6, 6.07) is 14.6. The van der Waals surface area contributed by atoms with Crippen LogP contribution in [0.4, 0.5) is 10.6 Å². The molecule has 0 aliphatic heterocycles. The Morgan fingerprint density at radius 3 is 2.50 bits per heavy atom. The summed E-state index contributed by atoms with van der Waals surface area (Å²) in [7, 11) is 0. The molecule has 2 aromatic carbocycles. The second kappa shape index (κ2) is 11.5. The van der Waals surface area contributed by atoms with Crippen molar-refractivity contribution in [1.82, 2.24) is 25.6 Å². The van der Waals surface area contributed by atoms with Crippen molar-refractivity contribution in [2.24, 2.45) is 0 Å². The number of aromatic amines is 1. The van der Waals surface area contributed by atoms with Crippen molar-refractivity contribution < 1.29 is 14.3 Å². The zero-order valence-corrected chi connectivity index (χ0v) is 21.7. The van der Waals surface area contributed by atoms with Crippen molar-refractivity contribution in [3.63, 3.8) is 0 Å². The van der Waals surface area contributed by atoms with Gasteiger partial charge in [-0.15, -0.1) is 0 Å². The number of halogens is 1. The molecule has 2 heterocycles. The monoisotopic (exact) mass is 532 g/mol. The van der Waals surface area contributed by atoms with Gasteiger partial charge in [-0.3, -0.25) is 4.79 Å². The number of aromatic nitrogens is 3. The maximum atomic E-state index is 13.6. The molecule has 10 heteroatoms. The molecule has 1 aliphatic carbocycles. The molecule has 0 saturated heterocycles. The highest BCUT2D eigenvalue weighted by Gasteiger charge is 2.25. The number of para-hydroxylation sites is 1. The summed E-state index contributed by atoms with van der Waals surface area (Å²) in [5.41, 5.74) is 1.37. The van der Waals surface area contributed by atoms with Crippen LogP contribution in [0.25, 0.3) is 11.0 Å². The van der Waals surface area contributed by atoms with Crippen LogP contribution in [-0.4, -0.2) is 45.4 Å². The van der Waals surface area contributed by atoms with Crippen LogP contribution in [-0.2, 0) is 0 Å². The second-order valence-electron chi connectivity index (χ2n) is 9.23. The first-order valence-corrected chi connectivity index (χ1v) is 13.1. The Kier molecular flexibility index (Phi) is 7.74. The predicted octanol–water partition coefficient (Wildman–Crippen LogP) is 5.68. The van der Waals surface area contributed by atoms with E-state index in [9.17, 15) is 9.59 Å². The van der Waals surface area contributed by atoms with E-state index in [-0.39, 0.29) is 23.9 Å². The van der Waals surface area contributed by atoms with E-state index in [1.165, 1.54) is 6.33 Å². The molecule has 0 atom stereocenters. The number of ether oxygens (including phenoxy) is 1. The lowest BCUT2D eigenvalue weighted by Gasteiger charge is -2.30. The zero-order valence-electron chi connectivity index (χ0n) is 21.0. The van der Waals surface area contributed by atoms with Crippen molar-refractivity contribution in [3.05, 3.63) is 77.2 Å². The van der Waals surface area contributed by atoms with Crippen LogP contribution < -0.4 is 20.7 Å². The van der Waals surface area contributed by atoms with Crippen molar-refractivity contribution in [2.75, 3.05) is 11.9 Å². The fourth-order valence-corrected chi connectivity index (χ4v) is 4.99. The zero-order chi connectivity index (χ0) is 26.5. The Balaban J connectivity index is 1.31. The Hall–Kier alpha value is -4.11. The third-order valence-electron chi connectivity index (χ3n) is 6.62. The van der Waals surface area contributed by atoms with Crippen LogP contribution >= 0.6 is 11.6 Å². The van der Waals surface area contributed by atoms with E-state index < -0.39 is 0 Å². The number of nitrogens with one attached hydrogen (secondary N) is 4. The quantitative estimate of drug-likeness (QED) is 0.217. The van der Waals surface area contributed by atoms with Gasteiger partial charge in [0.05, 0.1) is 16.0 Å². The summed E-state index contributed by atoms with van der Waals surface area (Å²) in [6.07, 6.45) is 6.56. The van der Waals surface area contributed by atoms with E-state index in [0.29, 0.717) is 51.0 Å². The van der Waals surface area contributed by atoms with Gasteiger partial charge in [0.2, 0.25) is 0 Å². The van der Waals surface area contributed by atoms with Crippen LogP contribution in [0.2, 0.25) is 5.02 Å². The molecular weight excluding hydrogens is 504 g/mol. The van der Waals surface area contributed by atoms with Crippen LogP contribution in [0, 0.1) is 0 Å². The number of nitrogens with zero attached hydrogens (tertiary/aromatic N) is 2. The molecule has 1 aliphatic rings. The van der Waals surface area contributed by atoms with E-state index in [2.05, 4.69) is 30.9 Å². The summed E-state index contributed by atoms with van der Waals surface area (Å²) in [4.78, 5) is 37.3. The third-order valence-corrected chi connectivity index (χ3v) is 6.93. The Bertz CT molecular complexity index is 1430. The predicted molar refractivity (Wildman–Crippen MR) is 147 cm³/mol. The smallest absolute Gasteiger partial charge is 0.314 e. The molecule has 2 aromatic heterocycles. The fraction of sp³-hybridized carbons (Fsp3) is 0.286. The van der Waals surface area contributed by atoms with Crippen molar-refractivity contribution in [1.29, 1.82) is 0 Å². The van der Waals surface area contributed by atoms with Crippen LogP contribution in [0.1, 0.15) is 48.5 Å². The Morgan fingerprint density at radius 2 is 1.76 bits per heavy atom. The number of hydrogen-bond donors (Lipinski definition) is 4. The number of ketones is 1. The van der Waals surface area contributed by atoms with Crippen molar-refractivity contribution >= 4 is 40.3 Å². The number of hydrogen-bond acceptors (Lipinski definition) is 6. The highest BCUT2D eigenvalue weighted by atomic mass is 35.5. The molecule has 4 N–H and O–H groups in total. The third kappa shape index (κ3) is 5.73. The first-order chi connectivity index (χ1) is 18.5. The number of urea groups is 1. The molecule has 0 spiro atoms. The van der Waals surface area contributed by atoms with Gasteiger partial charge in [-0.05, 0) is 56.9 Å². The van der Waals surface area contributed by atoms with Gasteiger partial charge in [0.25, 0.3) is 0 Å². The number of amides is 2. The molecule has 38 heavy (non-hydrogen) atoms. The molecule has 9 nitrogen and oxygen atoms in total. The molecule has 5 rings (SSSR count). The molecule has 196 valence electrons. The van der Waals surface area contributed by atoms with E-state index in [4.69, 9.17) is 16.3 Å². The molecule has 0 bridgehead atoms. The highest BCUT2D eigenvalue weighted by Crippen LogP contribution is 2.32. The SMILES string of the molecule is CCNC(=O)NC1CCC(Nc2ncnc3[nH]cc(C(=O)c4ccc(Oc5ccccc5)cc4Cl)c23)CC1. The molecule has 1 saturated carbocycles. The van der Waals surface area contributed by atoms with Crippen LogP contribution in [0.15, 0.2) is 61.1 Å². The number of rotatable bonds is 8. The summed E-state index contributed by atoms with van der Waals surface area (Å²) in [5, 5.41) is 10.2. The fourth-order valence-electron chi connectivity index (χ4n) is 4.74. The van der Waals surface area contributed by atoms with E-state index in [1.807, 2.05) is 37.3 Å². The summed E-state index contributed by atoms with van der Waals surface area (Å²) >= 11 is 6.53. The van der Waals surface area contributed by atoms with Crippen LogP contribution in [0.5, 0.6) is 11.5 Å². The lowest BCUT2D eigenvalue weighted by molar-refractivity contribution is 0.104. The average Bonchev–Trinajstić information content (AvgIpc) is 3.36. The van der Waals surface area contributed by atoms with Gasteiger partial charge < -0.3 is 25.7 Å². The summed E-state index contributed by atoms with van der Waals surface area (Å²) < 4.78 is 5.84. The number of carbonyl (C=O) groups excluding carboxylic acids is 2. The van der Waals surface area contributed by atoms with Gasteiger partial charge in [0, 0.05) is 36.5 Å². The lowest BCUT2D eigenvalue weighted by atomic mass is 9.91. The van der Waals surface area contributed by atoms with E-state index >= 15 is 0 Å². The maximum absolute atomic E-state index is 13.6. The number of H-pyrrole nitrogens is 1. The minimum Gasteiger partial charge on any atom is -0.457 e. The topological polar surface area (TPSA) is 121 Å². The largest absolute Gasteiger partial charge is 0.457 e. The first kappa shape index (κ1) is 25.5. The standard InChI is InChI=1S/C28H29ClN6O3/c1-2-30-28(37)35-18-10-8-17(9-11-18)34-27-24-22(15-31-26(24)32-16-33-27)25(36)21-13-12-20(14-23(21)29)38-19-6-4-3-5-7-19/h3-7,12-18H,2,8-11H2,1H3,(H2,30,35,37)(H2,31,32,33,34). The van der Waals surface area contributed by atoms with Gasteiger partial charge in [0.15, 0.2) is 5.78 Å². The van der Waals surface area contributed by atoms with Crippen LogP contribution in [0.3, 0.4) is 0 Å². The van der Waals surface area contributed by atoms with Gasteiger partial charge in [-0.2, -0.15) is 0 Å². The second-order valence-corrected chi connectivity index (χ2v) is 9.64. The maximum Gasteiger partial charge on any atom is 0.314 e. The number of carbonyl (C=O) groups is 2. The summed E-state index contributed by atoms with van der Waals surface area (Å²) in [5.74, 6) is 1.58. The minimum atomic E-state index is -0.236. The highest BCUT2D eigenvalue weighted by molar-refractivity contribution is 6.35. The van der Waals surface area contributed by atoms with Gasteiger partial charge in [-0.25, -0.2) is 14.8 Å². The van der Waals surface area contributed by atoms with Gasteiger partial charge >= 0.3 is 6.03 Å². The molecule has 2 amide bonds. The van der Waals surface area contributed by atoms with E-state index in [0.717, 1.165) is 25.7 Å². The molecule has 1 fully saturated rings. The molecule has 0 radical (unpaired) electrons. The lowest BCUT2D eigenvalue weighted by Crippen LogP contribution is -2.44. The Morgan fingerprint density at radius 1 is 1.00 bits per heavy atom. The van der Waals surface area contributed by atoms with E-state index in [1.54, 1.807) is 24.4 Å². The normalized spacial score (nSPS) is 17.1. The molecule has 4 aromatic rings. The number of benzene rings is 2. The molecular formula is C28H29ClN6O3. The number of anilines is 1. The summed E-state index contributed by atoms with van der Waals surface area (Å²) in [6.45, 7) is 2.49. The molecule has 0 unspecified atom stereocenters. The van der Waals surface area contributed by atoms with Gasteiger partial charge in [-0.1, -0.05) is 29.8 Å². The first-order valence-electron chi connectivity index (χ1n) is 12.7. The minimum absolute atomic E-state index is 0.129. The number of fused-ring (bicyclic) bond motifs is 1. The van der Waals surface area contributed by atoms with Gasteiger partial charge in [0.1, 0.15) is 29.3 Å². The Labute approximate surface area is 225 Å². The van der Waals surface area contributed by atoms with Crippen molar-refractivity contribution in [2.45, 2.75) is 44.7 Å².